The number of rotatable bonds is 5. The van der Waals surface area contributed by atoms with Crippen LogP contribution in [0.4, 0.5) is 4.39 Å². The minimum Gasteiger partial charge on any atom is -0.462 e. The van der Waals surface area contributed by atoms with E-state index in [2.05, 4.69) is 5.10 Å². The van der Waals surface area contributed by atoms with Crippen molar-refractivity contribution in [3.05, 3.63) is 83.4 Å². The largest absolute Gasteiger partial charge is 0.462 e. The summed E-state index contributed by atoms with van der Waals surface area (Å²) in [6.07, 6.45) is 2.14. The monoisotopic (exact) mass is 324 g/mol. The van der Waals surface area contributed by atoms with E-state index in [0.29, 0.717) is 30.0 Å². The third-order valence-corrected chi connectivity index (χ3v) is 3.77. The van der Waals surface area contributed by atoms with Crippen LogP contribution in [0.1, 0.15) is 21.6 Å². The second kappa shape index (κ2) is 7.08. The van der Waals surface area contributed by atoms with E-state index in [1.54, 1.807) is 23.7 Å². The molecule has 3 rings (SSSR count). The second-order valence-electron chi connectivity index (χ2n) is 5.40. The van der Waals surface area contributed by atoms with Gasteiger partial charge in [-0.2, -0.15) is 5.10 Å². The van der Waals surface area contributed by atoms with E-state index >= 15 is 0 Å². The fourth-order valence-corrected chi connectivity index (χ4v) is 2.44. The third-order valence-electron chi connectivity index (χ3n) is 3.77. The summed E-state index contributed by atoms with van der Waals surface area (Å²) >= 11 is 0. The predicted octanol–water partition coefficient (Wildman–Crippen LogP) is 3.72. The molecule has 0 atom stereocenters. The van der Waals surface area contributed by atoms with E-state index in [-0.39, 0.29) is 5.82 Å². The van der Waals surface area contributed by atoms with Gasteiger partial charge in [0.15, 0.2) is 0 Å². The first-order valence-corrected chi connectivity index (χ1v) is 7.67. The maximum atomic E-state index is 13.0. The Morgan fingerprint density at radius 3 is 2.54 bits per heavy atom. The van der Waals surface area contributed by atoms with Crippen LogP contribution < -0.4 is 0 Å². The van der Waals surface area contributed by atoms with Gasteiger partial charge in [-0.25, -0.2) is 13.9 Å². The van der Waals surface area contributed by atoms with Crippen molar-refractivity contribution >= 4 is 5.97 Å². The second-order valence-corrected chi connectivity index (χ2v) is 5.40. The number of hydrogen-bond acceptors (Lipinski definition) is 3. The van der Waals surface area contributed by atoms with Gasteiger partial charge in [-0.15, -0.1) is 0 Å². The summed E-state index contributed by atoms with van der Waals surface area (Å²) in [6, 6.07) is 15.8. The molecule has 0 aliphatic carbocycles. The van der Waals surface area contributed by atoms with Crippen LogP contribution in [-0.2, 0) is 11.2 Å². The van der Waals surface area contributed by atoms with Gasteiger partial charge in [-0.1, -0.05) is 30.3 Å². The number of nitrogens with zero attached hydrogens (tertiary/aromatic N) is 2. The summed E-state index contributed by atoms with van der Waals surface area (Å²) in [5.41, 5.74) is 2.87. The fraction of sp³-hybridized carbons (Fsp3) is 0.158. The standard InChI is InChI=1S/C19H17FN2O2/c1-14-18(13-21-22(14)17-9-7-16(20)8-10-17)19(23)24-12-11-15-5-3-2-4-6-15/h2-10,13H,11-12H2,1H3. The Morgan fingerprint density at radius 1 is 1.12 bits per heavy atom. The van der Waals surface area contributed by atoms with Crippen LogP contribution in [0.25, 0.3) is 5.69 Å². The number of benzene rings is 2. The highest BCUT2D eigenvalue weighted by molar-refractivity contribution is 5.90. The molecule has 5 heteroatoms. The van der Waals surface area contributed by atoms with E-state index in [1.807, 2.05) is 30.3 Å². The van der Waals surface area contributed by atoms with Crippen LogP contribution in [0, 0.1) is 12.7 Å². The van der Waals surface area contributed by atoms with Crippen LogP contribution in [0.15, 0.2) is 60.8 Å². The van der Waals surface area contributed by atoms with Crippen molar-refractivity contribution in [1.29, 1.82) is 0 Å². The topological polar surface area (TPSA) is 44.1 Å². The van der Waals surface area contributed by atoms with Crippen LogP contribution >= 0.6 is 0 Å². The zero-order valence-electron chi connectivity index (χ0n) is 13.3. The maximum absolute atomic E-state index is 13.0. The Hall–Kier alpha value is -2.95. The van der Waals surface area contributed by atoms with E-state index in [1.165, 1.54) is 18.3 Å². The molecule has 0 amide bonds. The molecule has 0 radical (unpaired) electrons. The first kappa shape index (κ1) is 15.9. The average Bonchev–Trinajstić information content (AvgIpc) is 2.98. The van der Waals surface area contributed by atoms with Gasteiger partial charge in [-0.05, 0) is 36.8 Å². The number of carbonyl (C=O) groups is 1. The molecule has 0 saturated heterocycles. The van der Waals surface area contributed by atoms with Gasteiger partial charge in [0.25, 0.3) is 0 Å². The Labute approximate surface area is 139 Å². The van der Waals surface area contributed by atoms with E-state index in [9.17, 15) is 9.18 Å². The quantitative estimate of drug-likeness (QED) is 0.672. The van der Waals surface area contributed by atoms with Crippen LogP contribution in [-0.4, -0.2) is 22.4 Å². The van der Waals surface area contributed by atoms with E-state index in [4.69, 9.17) is 4.74 Å². The predicted molar refractivity (Wildman–Crippen MR) is 88.7 cm³/mol. The Kier molecular flexibility index (Phi) is 4.70. The lowest BCUT2D eigenvalue weighted by molar-refractivity contribution is 0.0508. The molecule has 1 heterocycles. The summed E-state index contributed by atoms with van der Waals surface area (Å²) < 4.78 is 19.9. The normalized spacial score (nSPS) is 10.6. The maximum Gasteiger partial charge on any atom is 0.341 e. The highest BCUT2D eigenvalue weighted by atomic mass is 19.1. The molecule has 24 heavy (non-hydrogen) atoms. The zero-order valence-corrected chi connectivity index (χ0v) is 13.3. The summed E-state index contributed by atoms with van der Waals surface area (Å²) in [6.45, 7) is 2.09. The molecule has 0 bridgehead atoms. The van der Waals surface area contributed by atoms with Crippen molar-refractivity contribution in [2.75, 3.05) is 6.61 Å². The minimum absolute atomic E-state index is 0.310. The molecule has 0 aliphatic rings. The Morgan fingerprint density at radius 2 is 1.83 bits per heavy atom. The highest BCUT2D eigenvalue weighted by Crippen LogP contribution is 2.15. The first-order chi connectivity index (χ1) is 11.6. The molecule has 2 aromatic carbocycles. The number of halogens is 1. The van der Waals surface area contributed by atoms with Crippen LogP contribution in [0.5, 0.6) is 0 Å². The molecule has 122 valence electrons. The molecule has 0 N–H and O–H groups in total. The number of carbonyl (C=O) groups excluding carboxylic acids is 1. The molecular weight excluding hydrogens is 307 g/mol. The lowest BCUT2D eigenvalue weighted by Crippen LogP contribution is -2.09. The van der Waals surface area contributed by atoms with Crippen molar-refractivity contribution in [2.45, 2.75) is 13.3 Å². The molecule has 0 fully saturated rings. The number of ether oxygens (including phenoxy) is 1. The van der Waals surface area contributed by atoms with Gasteiger partial charge in [0.2, 0.25) is 0 Å². The first-order valence-electron chi connectivity index (χ1n) is 7.67. The van der Waals surface area contributed by atoms with Crippen molar-refractivity contribution in [1.82, 2.24) is 9.78 Å². The summed E-state index contributed by atoms with van der Waals surface area (Å²) in [5.74, 6) is -0.721. The Balaban J connectivity index is 1.66. The molecule has 0 spiro atoms. The molecule has 1 aromatic heterocycles. The van der Waals surface area contributed by atoms with Crippen molar-refractivity contribution in [3.8, 4) is 5.69 Å². The van der Waals surface area contributed by atoms with E-state index in [0.717, 1.165) is 5.56 Å². The third kappa shape index (κ3) is 3.51. The van der Waals surface area contributed by atoms with Gasteiger partial charge in [-0.3, -0.25) is 0 Å². The van der Waals surface area contributed by atoms with Crippen LogP contribution in [0.2, 0.25) is 0 Å². The van der Waals surface area contributed by atoms with Gasteiger partial charge >= 0.3 is 5.97 Å². The molecule has 3 aromatic rings. The summed E-state index contributed by atoms with van der Waals surface area (Å²) in [4.78, 5) is 12.2. The van der Waals surface area contributed by atoms with Gasteiger partial charge in [0.05, 0.1) is 24.2 Å². The molecule has 4 nitrogen and oxygen atoms in total. The lowest BCUT2D eigenvalue weighted by Gasteiger charge is -2.06. The van der Waals surface area contributed by atoms with Gasteiger partial charge in [0, 0.05) is 6.42 Å². The van der Waals surface area contributed by atoms with Crippen molar-refractivity contribution in [2.24, 2.45) is 0 Å². The minimum atomic E-state index is -0.406. The van der Waals surface area contributed by atoms with Crippen LogP contribution in [0.3, 0.4) is 0 Å². The Bertz CT molecular complexity index is 826. The molecule has 0 saturated carbocycles. The molecule has 0 aliphatic heterocycles. The van der Waals surface area contributed by atoms with E-state index < -0.39 is 5.97 Å². The van der Waals surface area contributed by atoms with Crippen molar-refractivity contribution in [3.63, 3.8) is 0 Å². The van der Waals surface area contributed by atoms with Gasteiger partial charge < -0.3 is 4.74 Å². The number of hydrogen-bond donors (Lipinski definition) is 0. The highest BCUT2D eigenvalue weighted by Gasteiger charge is 2.16. The number of esters is 1. The van der Waals surface area contributed by atoms with Crippen molar-refractivity contribution < 1.29 is 13.9 Å². The average molecular weight is 324 g/mol. The zero-order chi connectivity index (χ0) is 16.9. The number of aromatic nitrogens is 2. The molecular formula is C19H17FN2O2. The smallest absolute Gasteiger partial charge is 0.341 e. The molecule has 0 unspecified atom stereocenters. The fourth-order valence-electron chi connectivity index (χ4n) is 2.44. The van der Waals surface area contributed by atoms with Gasteiger partial charge in [0.1, 0.15) is 11.4 Å². The summed E-state index contributed by atoms with van der Waals surface area (Å²) in [7, 11) is 0. The SMILES string of the molecule is Cc1c(C(=O)OCCc2ccccc2)cnn1-c1ccc(F)cc1. The lowest BCUT2D eigenvalue weighted by atomic mass is 10.2. The summed E-state index contributed by atoms with van der Waals surface area (Å²) in [5, 5.41) is 4.20.